The molecule has 0 aromatic heterocycles. The average molecular weight is 254 g/mol. The molecule has 0 saturated heterocycles. The monoisotopic (exact) mass is 254 g/mol. The van der Waals surface area contributed by atoms with E-state index in [9.17, 15) is 9.18 Å². The number of rotatable bonds is 7. The van der Waals surface area contributed by atoms with Crippen LogP contribution in [0, 0.1) is 12.7 Å². The zero-order chi connectivity index (χ0) is 13.5. The van der Waals surface area contributed by atoms with Crippen LogP contribution in [0.25, 0.3) is 0 Å². The van der Waals surface area contributed by atoms with E-state index in [2.05, 4.69) is 5.32 Å². The number of carbonyl (C=O) groups excluding carboxylic acids is 1. The van der Waals surface area contributed by atoms with Crippen molar-refractivity contribution in [2.75, 3.05) is 13.2 Å². The van der Waals surface area contributed by atoms with Crippen molar-refractivity contribution in [2.24, 2.45) is 5.73 Å². The lowest BCUT2D eigenvalue weighted by Gasteiger charge is -2.16. The molecule has 0 spiro atoms. The van der Waals surface area contributed by atoms with Gasteiger partial charge < -0.3 is 15.8 Å². The predicted molar refractivity (Wildman–Crippen MR) is 67.9 cm³/mol. The molecule has 0 bridgehead atoms. The smallest absolute Gasteiger partial charge is 0.238 e. The van der Waals surface area contributed by atoms with Gasteiger partial charge in [0.25, 0.3) is 0 Å². The Hall–Kier alpha value is -1.62. The number of amides is 1. The van der Waals surface area contributed by atoms with Crippen LogP contribution in [0.3, 0.4) is 0 Å². The Morgan fingerprint density at radius 1 is 1.56 bits per heavy atom. The first-order chi connectivity index (χ1) is 8.54. The molecule has 18 heavy (non-hydrogen) atoms. The molecule has 1 aromatic rings. The second kappa shape index (κ2) is 6.96. The summed E-state index contributed by atoms with van der Waals surface area (Å²) in [5.74, 6) is -0.209. The summed E-state index contributed by atoms with van der Waals surface area (Å²) in [4.78, 5) is 11.2. The molecule has 0 aliphatic rings. The Morgan fingerprint density at radius 2 is 2.28 bits per heavy atom. The Kier molecular flexibility index (Phi) is 5.58. The molecule has 4 nitrogen and oxygen atoms in total. The van der Waals surface area contributed by atoms with Gasteiger partial charge in [0.15, 0.2) is 0 Å². The van der Waals surface area contributed by atoms with Gasteiger partial charge in [0.1, 0.15) is 24.2 Å². The van der Waals surface area contributed by atoms with Gasteiger partial charge in [0.2, 0.25) is 5.91 Å². The van der Waals surface area contributed by atoms with Crippen molar-refractivity contribution in [3.8, 4) is 5.75 Å². The Bertz CT molecular complexity index is 410. The summed E-state index contributed by atoms with van der Waals surface area (Å²) in [7, 11) is 0. The minimum absolute atomic E-state index is 0.141. The van der Waals surface area contributed by atoms with Gasteiger partial charge in [-0.15, -0.1) is 0 Å². The van der Waals surface area contributed by atoms with E-state index in [4.69, 9.17) is 10.5 Å². The zero-order valence-corrected chi connectivity index (χ0v) is 10.7. The molecule has 0 heterocycles. The molecule has 0 radical (unpaired) electrons. The molecule has 5 heteroatoms. The number of halogens is 1. The van der Waals surface area contributed by atoms with Crippen LogP contribution < -0.4 is 15.8 Å². The van der Waals surface area contributed by atoms with Crippen LogP contribution in [0.5, 0.6) is 5.75 Å². The Morgan fingerprint density at radius 3 is 2.83 bits per heavy atom. The van der Waals surface area contributed by atoms with Crippen LogP contribution in [0.4, 0.5) is 4.39 Å². The van der Waals surface area contributed by atoms with Crippen molar-refractivity contribution in [1.82, 2.24) is 5.32 Å². The largest absolute Gasteiger partial charge is 0.491 e. The molecule has 100 valence electrons. The van der Waals surface area contributed by atoms with Gasteiger partial charge in [0.05, 0.1) is 0 Å². The molecule has 1 amide bonds. The standard InChI is InChI=1S/C13H19FN2O2/c1-3-6-16-11(13(15)17)8-18-12-5-4-10(14)7-9(12)2/h4-5,7,11,16H,3,6,8H2,1-2H3,(H2,15,17). The summed E-state index contributed by atoms with van der Waals surface area (Å²) in [5, 5.41) is 3.00. The van der Waals surface area contributed by atoms with Crippen LogP contribution in [0.2, 0.25) is 0 Å². The Labute approximate surface area is 106 Å². The molecule has 0 aliphatic carbocycles. The molecular weight excluding hydrogens is 235 g/mol. The van der Waals surface area contributed by atoms with E-state index in [0.717, 1.165) is 6.42 Å². The molecule has 1 aromatic carbocycles. The minimum atomic E-state index is -0.533. The molecule has 3 N–H and O–H groups in total. The summed E-state index contributed by atoms with van der Waals surface area (Å²) in [6.07, 6.45) is 0.902. The number of benzene rings is 1. The Balaban J connectivity index is 2.58. The third-order valence-electron chi connectivity index (χ3n) is 2.53. The summed E-state index contributed by atoms with van der Waals surface area (Å²) >= 11 is 0. The van der Waals surface area contributed by atoms with Gasteiger partial charge >= 0.3 is 0 Å². The number of aryl methyl sites for hydroxylation is 1. The lowest BCUT2D eigenvalue weighted by atomic mass is 10.2. The van der Waals surface area contributed by atoms with E-state index in [1.807, 2.05) is 6.92 Å². The second-order valence-electron chi connectivity index (χ2n) is 4.13. The quantitative estimate of drug-likeness (QED) is 0.772. The van der Waals surface area contributed by atoms with E-state index >= 15 is 0 Å². The lowest BCUT2D eigenvalue weighted by molar-refractivity contribution is -0.120. The summed E-state index contributed by atoms with van der Waals surface area (Å²) in [6, 6.07) is 3.71. The number of ether oxygens (including phenoxy) is 1. The third-order valence-corrected chi connectivity index (χ3v) is 2.53. The molecule has 1 atom stereocenters. The zero-order valence-electron chi connectivity index (χ0n) is 10.7. The van der Waals surface area contributed by atoms with Gasteiger partial charge in [0, 0.05) is 0 Å². The highest BCUT2D eigenvalue weighted by atomic mass is 19.1. The van der Waals surface area contributed by atoms with Gasteiger partial charge in [-0.25, -0.2) is 4.39 Å². The molecule has 0 saturated carbocycles. The van der Waals surface area contributed by atoms with Gasteiger partial charge in [-0.3, -0.25) is 4.79 Å². The van der Waals surface area contributed by atoms with E-state index in [1.165, 1.54) is 12.1 Å². The summed E-state index contributed by atoms with van der Waals surface area (Å²) < 4.78 is 18.4. The normalized spacial score (nSPS) is 12.2. The predicted octanol–water partition coefficient (Wildman–Crippen LogP) is 1.37. The van der Waals surface area contributed by atoms with Crippen LogP contribution in [-0.4, -0.2) is 25.1 Å². The number of nitrogens with two attached hydrogens (primary N) is 1. The molecule has 0 aliphatic heterocycles. The fraction of sp³-hybridized carbons (Fsp3) is 0.462. The summed E-state index contributed by atoms with van der Waals surface area (Å²) in [5.41, 5.74) is 5.95. The van der Waals surface area contributed by atoms with Crippen molar-refractivity contribution in [3.63, 3.8) is 0 Å². The van der Waals surface area contributed by atoms with Crippen LogP contribution >= 0.6 is 0 Å². The maximum absolute atomic E-state index is 12.9. The van der Waals surface area contributed by atoms with Crippen LogP contribution in [0.15, 0.2) is 18.2 Å². The van der Waals surface area contributed by atoms with Gasteiger partial charge in [-0.05, 0) is 43.7 Å². The van der Waals surface area contributed by atoms with Crippen molar-refractivity contribution >= 4 is 5.91 Å². The number of carbonyl (C=O) groups is 1. The first-order valence-corrected chi connectivity index (χ1v) is 5.96. The van der Waals surface area contributed by atoms with Crippen molar-refractivity contribution in [3.05, 3.63) is 29.6 Å². The minimum Gasteiger partial charge on any atom is -0.491 e. The topological polar surface area (TPSA) is 64.3 Å². The molecule has 0 fully saturated rings. The van der Waals surface area contributed by atoms with E-state index in [0.29, 0.717) is 17.9 Å². The first-order valence-electron chi connectivity index (χ1n) is 5.96. The number of nitrogens with one attached hydrogen (secondary N) is 1. The van der Waals surface area contributed by atoms with Crippen LogP contribution in [0.1, 0.15) is 18.9 Å². The van der Waals surface area contributed by atoms with E-state index in [-0.39, 0.29) is 12.4 Å². The van der Waals surface area contributed by atoms with E-state index < -0.39 is 11.9 Å². The highest BCUT2D eigenvalue weighted by molar-refractivity contribution is 5.80. The number of hydrogen-bond acceptors (Lipinski definition) is 3. The highest BCUT2D eigenvalue weighted by Crippen LogP contribution is 2.18. The first kappa shape index (κ1) is 14.4. The molecule has 1 unspecified atom stereocenters. The maximum Gasteiger partial charge on any atom is 0.238 e. The van der Waals surface area contributed by atoms with E-state index in [1.54, 1.807) is 13.0 Å². The van der Waals surface area contributed by atoms with Gasteiger partial charge in [-0.2, -0.15) is 0 Å². The molecule has 1 rings (SSSR count). The lowest BCUT2D eigenvalue weighted by Crippen LogP contribution is -2.45. The fourth-order valence-electron chi connectivity index (χ4n) is 1.51. The third kappa shape index (κ3) is 4.33. The molecular formula is C13H19FN2O2. The van der Waals surface area contributed by atoms with Gasteiger partial charge in [-0.1, -0.05) is 6.92 Å². The van der Waals surface area contributed by atoms with Crippen molar-refractivity contribution in [1.29, 1.82) is 0 Å². The highest BCUT2D eigenvalue weighted by Gasteiger charge is 2.15. The average Bonchev–Trinajstić information content (AvgIpc) is 2.31. The van der Waals surface area contributed by atoms with Crippen LogP contribution in [-0.2, 0) is 4.79 Å². The van der Waals surface area contributed by atoms with Crippen molar-refractivity contribution in [2.45, 2.75) is 26.3 Å². The number of hydrogen-bond donors (Lipinski definition) is 2. The second-order valence-corrected chi connectivity index (χ2v) is 4.13. The van der Waals surface area contributed by atoms with Crippen molar-refractivity contribution < 1.29 is 13.9 Å². The maximum atomic E-state index is 12.9. The SMILES string of the molecule is CCCNC(COc1ccc(F)cc1C)C(N)=O. The summed E-state index contributed by atoms with van der Waals surface area (Å²) in [6.45, 7) is 4.58. The fourth-order valence-corrected chi connectivity index (χ4v) is 1.51. The number of primary amides is 1.